The number of hydrogen-bond donors (Lipinski definition) is 0. The van der Waals surface area contributed by atoms with E-state index in [9.17, 15) is 4.79 Å². The van der Waals surface area contributed by atoms with Crippen LogP contribution in [0.25, 0.3) is 0 Å². The van der Waals surface area contributed by atoms with Crippen molar-refractivity contribution in [2.45, 2.75) is 6.10 Å². The first-order chi connectivity index (χ1) is 11.6. The Hall–Kier alpha value is -2.47. The molecule has 1 aromatic carbocycles. The molecule has 6 nitrogen and oxygen atoms in total. The van der Waals surface area contributed by atoms with Crippen LogP contribution >= 0.6 is 11.6 Å². The average molecular weight is 349 g/mol. The minimum absolute atomic E-state index is 0.0840. The molecule has 1 aromatic heterocycles. The molecule has 126 valence electrons. The lowest BCUT2D eigenvalue weighted by Gasteiger charge is -2.38. The Morgan fingerprint density at radius 2 is 2.00 bits per heavy atom. The van der Waals surface area contributed by atoms with Crippen LogP contribution in [0.1, 0.15) is 10.4 Å². The molecule has 2 heterocycles. The van der Waals surface area contributed by atoms with E-state index in [-0.39, 0.29) is 12.0 Å². The summed E-state index contributed by atoms with van der Waals surface area (Å²) in [7, 11) is 3.06. The summed E-state index contributed by atoms with van der Waals surface area (Å²) in [5.41, 5.74) is 0.472. The molecule has 1 fully saturated rings. The van der Waals surface area contributed by atoms with Crippen LogP contribution in [0.15, 0.2) is 36.5 Å². The second kappa shape index (κ2) is 6.97. The Morgan fingerprint density at radius 3 is 2.62 bits per heavy atom. The smallest absolute Gasteiger partial charge is 0.258 e. The number of amides is 1. The number of ether oxygens (including phenoxy) is 3. The third-order valence-corrected chi connectivity index (χ3v) is 3.98. The maximum atomic E-state index is 12.6. The van der Waals surface area contributed by atoms with Gasteiger partial charge in [-0.3, -0.25) is 4.79 Å². The van der Waals surface area contributed by atoms with Crippen molar-refractivity contribution in [3.05, 3.63) is 47.1 Å². The van der Waals surface area contributed by atoms with Crippen LogP contribution in [0.4, 0.5) is 0 Å². The Labute approximate surface area is 144 Å². The van der Waals surface area contributed by atoms with Gasteiger partial charge in [0, 0.05) is 12.3 Å². The van der Waals surface area contributed by atoms with E-state index >= 15 is 0 Å². The summed E-state index contributed by atoms with van der Waals surface area (Å²) in [6.07, 6.45) is 1.44. The minimum atomic E-state index is -0.116. The number of rotatable bonds is 5. The number of methoxy groups -OCH3 is 2. The minimum Gasteiger partial charge on any atom is -0.493 e. The molecule has 0 N–H and O–H groups in total. The van der Waals surface area contributed by atoms with E-state index in [1.165, 1.54) is 13.3 Å². The summed E-state index contributed by atoms with van der Waals surface area (Å²) in [5.74, 6) is 1.35. The van der Waals surface area contributed by atoms with E-state index in [0.717, 1.165) is 0 Å². The Balaban J connectivity index is 1.63. The third kappa shape index (κ3) is 3.23. The molecule has 0 saturated carbocycles. The Kier molecular flexibility index (Phi) is 4.76. The number of nitrogens with zero attached hydrogens (tertiary/aromatic N) is 2. The molecule has 0 aliphatic carbocycles. The number of aromatic nitrogens is 1. The number of pyridine rings is 1. The van der Waals surface area contributed by atoms with Gasteiger partial charge in [0.15, 0.2) is 11.5 Å². The van der Waals surface area contributed by atoms with Crippen LogP contribution in [0.5, 0.6) is 17.4 Å². The van der Waals surface area contributed by atoms with Crippen molar-refractivity contribution in [2.24, 2.45) is 0 Å². The van der Waals surface area contributed by atoms with Gasteiger partial charge in [-0.2, -0.15) is 0 Å². The van der Waals surface area contributed by atoms with Gasteiger partial charge in [0.2, 0.25) is 5.88 Å². The molecular weight excluding hydrogens is 332 g/mol. The summed E-state index contributed by atoms with van der Waals surface area (Å²) in [6.45, 7) is 0.979. The van der Waals surface area contributed by atoms with E-state index in [0.29, 0.717) is 41.1 Å². The van der Waals surface area contributed by atoms with Crippen LogP contribution < -0.4 is 14.2 Å². The zero-order valence-corrected chi connectivity index (χ0v) is 14.1. The Bertz CT molecular complexity index is 730. The summed E-state index contributed by atoms with van der Waals surface area (Å²) in [6, 6.07) is 8.66. The SMILES string of the molecule is COc1cccc(C(=O)N2CC(Oc3ccc(Cl)cn3)C2)c1OC. The summed E-state index contributed by atoms with van der Waals surface area (Å²) < 4.78 is 16.2. The van der Waals surface area contributed by atoms with Gasteiger partial charge in [0.1, 0.15) is 6.10 Å². The van der Waals surface area contributed by atoms with Crippen molar-refractivity contribution >= 4 is 17.5 Å². The highest BCUT2D eigenvalue weighted by atomic mass is 35.5. The zero-order valence-electron chi connectivity index (χ0n) is 13.4. The molecule has 3 rings (SSSR count). The normalized spacial score (nSPS) is 14.0. The first-order valence-electron chi connectivity index (χ1n) is 7.41. The second-order valence-corrected chi connectivity index (χ2v) is 5.74. The number of carbonyl (C=O) groups is 1. The number of benzene rings is 1. The van der Waals surface area contributed by atoms with Crippen LogP contribution in [0.3, 0.4) is 0 Å². The second-order valence-electron chi connectivity index (χ2n) is 5.31. The number of likely N-dealkylation sites (tertiary alicyclic amines) is 1. The van der Waals surface area contributed by atoms with Gasteiger partial charge in [-0.15, -0.1) is 0 Å². The topological polar surface area (TPSA) is 60.9 Å². The fraction of sp³-hybridized carbons (Fsp3) is 0.294. The fourth-order valence-corrected chi connectivity index (χ4v) is 2.62. The fourth-order valence-electron chi connectivity index (χ4n) is 2.51. The van der Waals surface area contributed by atoms with Gasteiger partial charge in [-0.05, 0) is 18.2 Å². The van der Waals surface area contributed by atoms with Crippen molar-refractivity contribution < 1.29 is 19.0 Å². The first-order valence-corrected chi connectivity index (χ1v) is 7.78. The van der Waals surface area contributed by atoms with E-state index in [1.807, 2.05) is 0 Å². The molecule has 0 atom stereocenters. The maximum Gasteiger partial charge on any atom is 0.258 e. The van der Waals surface area contributed by atoms with Crippen molar-refractivity contribution in [2.75, 3.05) is 27.3 Å². The van der Waals surface area contributed by atoms with Crippen LogP contribution in [-0.2, 0) is 0 Å². The van der Waals surface area contributed by atoms with Gasteiger partial charge in [0.25, 0.3) is 5.91 Å². The lowest BCUT2D eigenvalue weighted by atomic mass is 10.1. The van der Waals surface area contributed by atoms with Crippen LogP contribution in [-0.4, -0.2) is 49.2 Å². The quantitative estimate of drug-likeness (QED) is 0.831. The third-order valence-electron chi connectivity index (χ3n) is 3.76. The van der Waals surface area contributed by atoms with Gasteiger partial charge in [-0.1, -0.05) is 17.7 Å². The summed E-state index contributed by atoms with van der Waals surface area (Å²) in [4.78, 5) is 18.4. The van der Waals surface area contributed by atoms with E-state index in [2.05, 4.69) is 4.98 Å². The van der Waals surface area contributed by atoms with Gasteiger partial charge >= 0.3 is 0 Å². The zero-order chi connectivity index (χ0) is 17.1. The standard InChI is InChI=1S/C17H17ClN2O4/c1-22-14-5-3-4-13(16(14)23-2)17(21)20-9-12(10-20)24-15-7-6-11(18)8-19-15/h3-8,12H,9-10H2,1-2H3. The lowest BCUT2D eigenvalue weighted by molar-refractivity contribution is 0.0157. The highest BCUT2D eigenvalue weighted by molar-refractivity contribution is 6.30. The maximum absolute atomic E-state index is 12.6. The first kappa shape index (κ1) is 16.4. The van der Waals surface area contributed by atoms with E-state index in [4.69, 9.17) is 25.8 Å². The van der Waals surface area contributed by atoms with Gasteiger partial charge in [-0.25, -0.2) is 4.98 Å². The molecule has 24 heavy (non-hydrogen) atoms. The molecule has 1 aliphatic heterocycles. The molecule has 7 heteroatoms. The van der Waals surface area contributed by atoms with Gasteiger partial charge in [0.05, 0.1) is 37.9 Å². The van der Waals surface area contributed by atoms with Gasteiger partial charge < -0.3 is 19.1 Å². The van der Waals surface area contributed by atoms with Crippen molar-refractivity contribution in [1.82, 2.24) is 9.88 Å². The molecule has 0 bridgehead atoms. The largest absolute Gasteiger partial charge is 0.493 e. The van der Waals surface area contributed by atoms with Crippen molar-refractivity contribution in [3.8, 4) is 17.4 Å². The summed E-state index contributed by atoms with van der Waals surface area (Å²) >= 11 is 5.79. The number of carbonyl (C=O) groups excluding carboxylic acids is 1. The van der Waals surface area contributed by atoms with Crippen LogP contribution in [0.2, 0.25) is 5.02 Å². The molecule has 1 saturated heterocycles. The highest BCUT2D eigenvalue weighted by Gasteiger charge is 2.34. The van der Waals surface area contributed by atoms with Crippen molar-refractivity contribution in [3.63, 3.8) is 0 Å². The molecule has 1 aliphatic rings. The number of hydrogen-bond acceptors (Lipinski definition) is 5. The van der Waals surface area contributed by atoms with Crippen molar-refractivity contribution in [1.29, 1.82) is 0 Å². The van der Waals surface area contributed by atoms with Crippen LogP contribution in [0, 0.1) is 0 Å². The average Bonchev–Trinajstić information content (AvgIpc) is 2.57. The number of para-hydroxylation sites is 1. The molecular formula is C17H17ClN2O4. The molecule has 0 unspecified atom stereocenters. The lowest BCUT2D eigenvalue weighted by Crippen LogP contribution is -2.56. The van der Waals surface area contributed by atoms with E-state index < -0.39 is 0 Å². The predicted molar refractivity (Wildman–Crippen MR) is 89.1 cm³/mol. The molecule has 1 amide bonds. The highest BCUT2D eigenvalue weighted by Crippen LogP contribution is 2.32. The molecule has 0 radical (unpaired) electrons. The number of halogens is 1. The Morgan fingerprint density at radius 1 is 1.21 bits per heavy atom. The molecule has 0 spiro atoms. The van der Waals surface area contributed by atoms with E-state index in [1.54, 1.807) is 42.3 Å². The monoisotopic (exact) mass is 348 g/mol. The predicted octanol–water partition coefficient (Wildman–Crippen LogP) is 2.66. The summed E-state index contributed by atoms with van der Waals surface area (Å²) in [5, 5.41) is 0.554. The molecule has 2 aromatic rings.